The summed E-state index contributed by atoms with van der Waals surface area (Å²) in [5.41, 5.74) is 0.851. The van der Waals surface area contributed by atoms with Crippen LogP contribution in [0, 0.1) is 5.82 Å². The van der Waals surface area contributed by atoms with Gasteiger partial charge in [0.25, 0.3) is 0 Å². The molecular formula is C14H20BrFN2O2. The summed E-state index contributed by atoms with van der Waals surface area (Å²) < 4.78 is 19.3. The number of β-amino-alcohol motifs (C(OH)–C–C–N with tert-alkyl or cyclic N) is 1. The van der Waals surface area contributed by atoms with Gasteiger partial charge in [-0.25, -0.2) is 4.39 Å². The number of rotatable bonds is 6. The summed E-state index contributed by atoms with van der Waals surface area (Å²) >= 11 is 3.39. The highest BCUT2D eigenvalue weighted by Gasteiger charge is 2.14. The fourth-order valence-electron chi connectivity index (χ4n) is 2.20. The van der Waals surface area contributed by atoms with Gasteiger partial charge in [-0.1, -0.05) is 15.9 Å². The molecule has 0 aromatic heterocycles. The quantitative estimate of drug-likeness (QED) is 0.816. The smallest absolute Gasteiger partial charge is 0.123 e. The first kappa shape index (κ1) is 15.9. The molecule has 0 spiro atoms. The standard InChI is InChI=1S/C14H20BrFN2O2/c15-14-2-1-12(16)7-11(14)8-17-9-13(19)10-18-3-5-20-6-4-18/h1-2,7,13,17,19H,3-6,8-10H2. The maximum atomic E-state index is 13.1. The van der Waals surface area contributed by atoms with Crippen LogP contribution in [-0.2, 0) is 11.3 Å². The lowest BCUT2D eigenvalue weighted by Crippen LogP contribution is -2.43. The van der Waals surface area contributed by atoms with Gasteiger partial charge in [-0.3, -0.25) is 4.90 Å². The van der Waals surface area contributed by atoms with E-state index in [1.54, 1.807) is 6.07 Å². The molecule has 2 N–H and O–H groups in total. The van der Waals surface area contributed by atoms with Crippen molar-refractivity contribution in [2.45, 2.75) is 12.6 Å². The molecule has 1 aromatic rings. The van der Waals surface area contributed by atoms with E-state index in [0.717, 1.165) is 36.3 Å². The molecule has 20 heavy (non-hydrogen) atoms. The molecule has 1 unspecified atom stereocenters. The van der Waals surface area contributed by atoms with Crippen LogP contribution in [0.1, 0.15) is 5.56 Å². The number of ether oxygens (including phenoxy) is 1. The van der Waals surface area contributed by atoms with E-state index in [2.05, 4.69) is 26.1 Å². The summed E-state index contributed by atoms with van der Waals surface area (Å²) in [6.07, 6.45) is -0.430. The third kappa shape index (κ3) is 5.10. The highest BCUT2D eigenvalue weighted by Crippen LogP contribution is 2.17. The molecule has 0 saturated carbocycles. The molecule has 0 bridgehead atoms. The molecule has 112 valence electrons. The van der Waals surface area contributed by atoms with Crippen LogP contribution in [0.3, 0.4) is 0 Å². The molecule has 1 fully saturated rings. The van der Waals surface area contributed by atoms with Crippen molar-refractivity contribution in [3.8, 4) is 0 Å². The Morgan fingerprint density at radius 1 is 1.40 bits per heavy atom. The van der Waals surface area contributed by atoms with Crippen molar-refractivity contribution < 1.29 is 14.2 Å². The zero-order valence-electron chi connectivity index (χ0n) is 11.3. The van der Waals surface area contributed by atoms with E-state index in [-0.39, 0.29) is 5.82 Å². The Hall–Kier alpha value is -0.530. The average Bonchev–Trinajstić information content (AvgIpc) is 2.44. The van der Waals surface area contributed by atoms with E-state index < -0.39 is 6.10 Å². The van der Waals surface area contributed by atoms with Crippen molar-refractivity contribution >= 4 is 15.9 Å². The van der Waals surface area contributed by atoms with Gasteiger partial charge in [0, 0.05) is 37.2 Å². The SMILES string of the molecule is OC(CNCc1cc(F)ccc1Br)CN1CCOCC1. The van der Waals surface area contributed by atoms with Crippen LogP contribution in [0.2, 0.25) is 0 Å². The Balaban J connectivity index is 1.70. The minimum absolute atomic E-state index is 0.251. The van der Waals surface area contributed by atoms with Gasteiger partial charge < -0.3 is 15.2 Å². The highest BCUT2D eigenvalue weighted by molar-refractivity contribution is 9.10. The minimum atomic E-state index is -0.430. The third-order valence-corrected chi connectivity index (χ3v) is 4.05. The number of nitrogens with one attached hydrogen (secondary N) is 1. The van der Waals surface area contributed by atoms with Crippen molar-refractivity contribution in [1.29, 1.82) is 0 Å². The van der Waals surface area contributed by atoms with Crippen molar-refractivity contribution in [1.82, 2.24) is 10.2 Å². The van der Waals surface area contributed by atoms with Crippen LogP contribution in [0.5, 0.6) is 0 Å². The third-order valence-electron chi connectivity index (χ3n) is 3.28. The maximum absolute atomic E-state index is 13.1. The second-order valence-corrected chi connectivity index (χ2v) is 5.79. The summed E-state index contributed by atoms with van der Waals surface area (Å²) in [6.45, 7) is 4.85. The second-order valence-electron chi connectivity index (χ2n) is 4.93. The summed E-state index contributed by atoms with van der Waals surface area (Å²) in [6, 6.07) is 4.60. The number of aliphatic hydroxyl groups excluding tert-OH is 1. The van der Waals surface area contributed by atoms with Crippen molar-refractivity contribution in [2.24, 2.45) is 0 Å². The summed E-state index contributed by atoms with van der Waals surface area (Å²) in [5, 5.41) is 13.1. The molecule has 1 aliphatic heterocycles. The van der Waals surface area contributed by atoms with Crippen LogP contribution in [0.15, 0.2) is 22.7 Å². The van der Waals surface area contributed by atoms with Gasteiger partial charge in [0.15, 0.2) is 0 Å². The Bertz CT molecular complexity index is 428. The first-order valence-corrected chi connectivity index (χ1v) is 7.57. The van der Waals surface area contributed by atoms with Crippen molar-refractivity contribution in [3.63, 3.8) is 0 Å². The minimum Gasteiger partial charge on any atom is -0.390 e. The molecule has 1 heterocycles. The first-order chi connectivity index (χ1) is 9.65. The fourth-order valence-corrected chi connectivity index (χ4v) is 2.59. The lowest BCUT2D eigenvalue weighted by atomic mass is 10.2. The Morgan fingerprint density at radius 2 is 2.15 bits per heavy atom. The maximum Gasteiger partial charge on any atom is 0.123 e. The monoisotopic (exact) mass is 346 g/mol. The summed E-state index contributed by atoms with van der Waals surface area (Å²) in [5.74, 6) is -0.251. The summed E-state index contributed by atoms with van der Waals surface area (Å²) in [4.78, 5) is 2.19. The topological polar surface area (TPSA) is 44.7 Å². The number of halogens is 2. The lowest BCUT2D eigenvalue weighted by Gasteiger charge is -2.28. The number of aliphatic hydroxyl groups is 1. The normalized spacial score (nSPS) is 18.1. The number of hydrogen-bond acceptors (Lipinski definition) is 4. The Morgan fingerprint density at radius 3 is 2.90 bits per heavy atom. The molecule has 1 atom stereocenters. The van der Waals surface area contributed by atoms with E-state index >= 15 is 0 Å². The summed E-state index contributed by atoms with van der Waals surface area (Å²) in [7, 11) is 0. The van der Waals surface area contributed by atoms with Crippen LogP contribution >= 0.6 is 15.9 Å². The number of morpholine rings is 1. The van der Waals surface area contributed by atoms with Gasteiger partial charge >= 0.3 is 0 Å². The van der Waals surface area contributed by atoms with E-state index in [4.69, 9.17) is 4.74 Å². The van der Waals surface area contributed by atoms with Gasteiger partial charge in [-0.05, 0) is 23.8 Å². The van der Waals surface area contributed by atoms with E-state index in [0.29, 0.717) is 19.6 Å². The van der Waals surface area contributed by atoms with Crippen molar-refractivity contribution in [3.05, 3.63) is 34.1 Å². The molecule has 4 nitrogen and oxygen atoms in total. The van der Waals surface area contributed by atoms with Crippen LogP contribution in [-0.4, -0.2) is 55.5 Å². The zero-order chi connectivity index (χ0) is 14.4. The molecule has 0 aliphatic carbocycles. The molecule has 1 aliphatic rings. The van der Waals surface area contributed by atoms with Gasteiger partial charge in [-0.15, -0.1) is 0 Å². The molecule has 1 saturated heterocycles. The first-order valence-electron chi connectivity index (χ1n) is 6.78. The molecular weight excluding hydrogens is 327 g/mol. The fraction of sp³-hybridized carbons (Fsp3) is 0.571. The van der Waals surface area contributed by atoms with E-state index in [1.807, 2.05) is 0 Å². The highest BCUT2D eigenvalue weighted by atomic mass is 79.9. The van der Waals surface area contributed by atoms with Crippen LogP contribution in [0.4, 0.5) is 4.39 Å². The lowest BCUT2D eigenvalue weighted by molar-refractivity contribution is 0.0149. The van der Waals surface area contributed by atoms with Gasteiger partial charge in [0.2, 0.25) is 0 Å². The number of hydrogen-bond donors (Lipinski definition) is 2. The molecule has 2 rings (SSSR count). The second kappa shape index (κ2) is 8.05. The number of benzene rings is 1. The predicted octanol–water partition coefficient (Wildman–Crippen LogP) is 1.37. The van der Waals surface area contributed by atoms with E-state index in [1.165, 1.54) is 12.1 Å². The zero-order valence-corrected chi connectivity index (χ0v) is 12.9. The molecule has 0 amide bonds. The Kier molecular flexibility index (Phi) is 6.38. The molecule has 6 heteroatoms. The van der Waals surface area contributed by atoms with Gasteiger partial charge in [0.1, 0.15) is 5.82 Å². The van der Waals surface area contributed by atoms with Crippen LogP contribution < -0.4 is 5.32 Å². The van der Waals surface area contributed by atoms with E-state index in [9.17, 15) is 9.50 Å². The average molecular weight is 347 g/mol. The predicted molar refractivity (Wildman–Crippen MR) is 79.1 cm³/mol. The molecule has 0 radical (unpaired) electrons. The molecule has 1 aromatic carbocycles. The largest absolute Gasteiger partial charge is 0.390 e. The Labute approximate surface area is 127 Å². The number of nitrogens with zero attached hydrogens (tertiary/aromatic N) is 1. The van der Waals surface area contributed by atoms with Crippen molar-refractivity contribution in [2.75, 3.05) is 39.4 Å². The van der Waals surface area contributed by atoms with Crippen LogP contribution in [0.25, 0.3) is 0 Å². The van der Waals surface area contributed by atoms with Gasteiger partial charge in [-0.2, -0.15) is 0 Å². The van der Waals surface area contributed by atoms with Gasteiger partial charge in [0.05, 0.1) is 19.3 Å².